The number of alkyl halides is 6. The lowest BCUT2D eigenvalue weighted by Crippen LogP contribution is -2.12. The van der Waals surface area contributed by atoms with E-state index in [1.54, 1.807) is 0 Å². The highest BCUT2D eigenvalue weighted by Gasteiger charge is 2.38. The first-order valence-corrected chi connectivity index (χ1v) is 9.19. The van der Waals surface area contributed by atoms with Crippen molar-refractivity contribution < 1.29 is 30.7 Å². The summed E-state index contributed by atoms with van der Waals surface area (Å²) >= 11 is 6.06. The molecule has 0 amide bonds. The minimum absolute atomic E-state index is 0.0683. The molecule has 4 rings (SSSR count). The van der Waals surface area contributed by atoms with Crippen LogP contribution in [0, 0.1) is 5.82 Å². The molecule has 0 saturated heterocycles. The number of aromatic nitrogens is 1. The summed E-state index contributed by atoms with van der Waals surface area (Å²) in [5.41, 5.74) is -2.19. The van der Waals surface area contributed by atoms with Crippen molar-refractivity contribution in [3.05, 3.63) is 82.6 Å². The van der Waals surface area contributed by atoms with Crippen LogP contribution in [0.1, 0.15) is 11.1 Å². The van der Waals surface area contributed by atoms with E-state index in [9.17, 15) is 30.7 Å². The smallest absolute Gasteiger partial charge is 0.354 e. The Kier molecular flexibility index (Phi) is 5.00. The van der Waals surface area contributed by atoms with Gasteiger partial charge in [0, 0.05) is 10.9 Å². The minimum atomic E-state index is -4.99. The van der Waals surface area contributed by atoms with E-state index < -0.39 is 34.9 Å². The number of hydrogen-bond acceptors (Lipinski definition) is 0. The molecular weight excluding hydrogens is 447 g/mol. The fraction of sp³-hybridized carbons (Fsp3) is 0.0909. The summed E-state index contributed by atoms with van der Waals surface area (Å²) < 4.78 is 93.5. The van der Waals surface area contributed by atoms with Crippen molar-refractivity contribution in [3.63, 3.8) is 0 Å². The molecule has 31 heavy (non-hydrogen) atoms. The molecule has 0 aliphatic carbocycles. The summed E-state index contributed by atoms with van der Waals surface area (Å²) in [6, 6.07) is 11.4. The first kappa shape index (κ1) is 21.2. The van der Waals surface area contributed by atoms with Gasteiger partial charge in [0.05, 0.1) is 27.4 Å². The molecule has 1 heterocycles. The SMILES string of the molecule is Fc1cccc(Cl)c1-c1cc2cc(-c3ccc(C(F)(F)F)cc3C(F)(F)F)ccc2[nH]1. The van der Waals surface area contributed by atoms with E-state index in [0.29, 0.717) is 22.7 Å². The Morgan fingerprint density at radius 2 is 1.52 bits per heavy atom. The summed E-state index contributed by atoms with van der Waals surface area (Å²) in [5, 5.41) is 0.591. The zero-order chi connectivity index (χ0) is 22.6. The molecule has 0 fully saturated rings. The van der Waals surface area contributed by atoms with Crippen molar-refractivity contribution in [1.82, 2.24) is 4.98 Å². The van der Waals surface area contributed by atoms with Crippen LogP contribution in [-0.4, -0.2) is 4.98 Å². The molecule has 3 aromatic carbocycles. The second-order valence-corrected chi connectivity index (χ2v) is 7.24. The Labute approximate surface area is 176 Å². The molecule has 1 aromatic heterocycles. The fourth-order valence-electron chi connectivity index (χ4n) is 3.40. The first-order chi connectivity index (χ1) is 14.4. The van der Waals surface area contributed by atoms with Gasteiger partial charge in [-0.15, -0.1) is 0 Å². The van der Waals surface area contributed by atoms with Gasteiger partial charge in [-0.3, -0.25) is 0 Å². The third kappa shape index (κ3) is 3.99. The Hall–Kier alpha value is -3.00. The molecule has 0 saturated carbocycles. The van der Waals surface area contributed by atoms with E-state index >= 15 is 0 Å². The number of aromatic amines is 1. The van der Waals surface area contributed by atoms with Gasteiger partial charge < -0.3 is 4.98 Å². The van der Waals surface area contributed by atoms with E-state index in [1.165, 1.54) is 42.5 Å². The van der Waals surface area contributed by atoms with Crippen molar-refractivity contribution in [2.24, 2.45) is 0 Å². The molecule has 1 N–H and O–H groups in total. The monoisotopic (exact) mass is 457 g/mol. The van der Waals surface area contributed by atoms with Gasteiger partial charge in [0.15, 0.2) is 0 Å². The molecule has 0 unspecified atom stereocenters. The minimum Gasteiger partial charge on any atom is -0.354 e. The van der Waals surface area contributed by atoms with Gasteiger partial charge in [0.25, 0.3) is 0 Å². The maximum atomic E-state index is 14.2. The maximum Gasteiger partial charge on any atom is 0.417 e. The highest BCUT2D eigenvalue weighted by atomic mass is 35.5. The Balaban J connectivity index is 1.86. The largest absolute Gasteiger partial charge is 0.417 e. The molecule has 0 atom stereocenters. The summed E-state index contributed by atoms with van der Waals surface area (Å²) in [4.78, 5) is 2.95. The standard InChI is InChI=1S/C22H11ClF7N/c23-16-2-1-3-17(24)20(16)19-9-12-8-11(4-7-18(12)31-19)14-6-5-13(21(25,26)27)10-15(14)22(28,29)30/h1-10,31H. The average molecular weight is 458 g/mol. The van der Waals surface area contributed by atoms with Gasteiger partial charge in [-0.25, -0.2) is 4.39 Å². The number of benzene rings is 3. The molecule has 1 nitrogen and oxygen atoms in total. The molecule has 0 aliphatic rings. The Morgan fingerprint density at radius 3 is 2.16 bits per heavy atom. The zero-order valence-electron chi connectivity index (χ0n) is 15.3. The first-order valence-electron chi connectivity index (χ1n) is 8.81. The van der Waals surface area contributed by atoms with Crippen molar-refractivity contribution in [1.29, 1.82) is 0 Å². The van der Waals surface area contributed by atoms with Crippen LogP contribution in [0.15, 0.2) is 60.7 Å². The predicted molar refractivity (Wildman–Crippen MR) is 104 cm³/mol. The van der Waals surface area contributed by atoms with Crippen LogP contribution in [0.4, 0.5) is 30.7 Å². The molecule has 4 aromatic rings. The van der Waals surface area contributed by atoms with Crippen LogP contribution in [0.5, 0.6) is 0 Å². The third-order valence-corrected chi connectivity index (χ3v) is 5.13. The number of fused-ring (bicyclic) bond motifs is 1. The second-order valence-electron chi connectivity index (χ2n) is 6.84. The van der Waals surface area contributed by atoms with Crippen molar-refractivity contribution >= 4 is 22.5 Å². The van der Waals surface area contributed by atoms with Crippen molar-refractivity contribution in [2.45, 2.75) is 12.4 Å². The number of nitrogens with one attached hydrogen (secondary N) is 1. The molecular formula is C22H11ClF7N. The predicted octanol–water partition coefficient (Wildman–Crippen LogP) is 8.33. The van der Waals surface area contributed by atoms with E-state index in [2.05, 4.69) is 4.98 Å². The van der Waals surface area contributed by atoms with Gasteiger partial charge >= 0.3 is 12.4 Å². The van der Waals surface area contributed by atoms with Crippen LogP contribution in [-0.2, 0) is 12.4 Å². The lowest BCUT2D eigenvalue weighted by atomic mass is 9.96. The summed E-state index contributed by atoms with van der Waals surface area (Å²) in [6.07, 6.45) is -9.90. The normalized spacial score (nSPS) is 12.5. The highest BCUT2D eigenvalue weighted by molar-refractivity contribution is 6.33. The molecule has 9 heteroatoms. The van der Waals surface area contributed by atoms with Crippen molar-refractivity contribution in [2.75, 3.05) is 0 Å². The maximum absolute atomic E-state index is 14.2. The van der Waals surface area contributed by atoms with Gasteiger partial charge in [0.1, 0.15) is 5.82 Å². The number of hydrogen-bond donors (Lipinski definition) is 1. The molecule has 0 bridgehead atoms. The number of H-pyrrole nitrogens is 1. The number of rotatable bonds is 2. The Bertz CT molecular complexity index is 1270. The molecule has 0 aliphatic heterocycles. The summed E-state index contributed by atoms with van der Waals surface area (Å²) in [5.74, 6) is -0.582. The molecule has 0 radical (unpaired) electrons. The lowest BCUT2D eigenvalue weighted by molar-refractivity contribution is -0.142. The van der Waals surface area contributed by atoms with Crippen LogP contribution >= 0.6 is 11.6 Å². The average Bonchev–Trinajstić information content (AvgIpc) is 3.08. The third-order valence-electron chi connectivity index (χ3n) is 4.82. The van der Waals surface area contributed by atoms with E-state index in [0.717, 1.165) is 6.07 Å². The lowest BCUT2D eigenvalue weighted by Gasteiger charge is -2.16. The van der Waals surface area contributed by atoms with Gasteiger partial charge in [-0.1, -0.05) is 29.8 Å². The van der Waals surface area contributed by atoms with Gasteiger partial charge in [0.2, 0.25) is 0 Å². The molecule has 0 spiro atoms. The van der Waals surface area contributed by atoms with Crippen LogP contribution in [0.2, 0.25) is 5.02 Å². The topological polar surface area (TPSA) is 15.8 Å². The summed E-state index contributed by atoms with van der Waals surface area (Å²) in [6.45, 7) is 0. The van der Waals surface area contributed by atoms with Gasteiger partial charge in [-0.05, 0) is 53.6 Å². The Morgan fingerprint density at radius 1 is 0.774 bits per heavy atom. The summed E-state index contributed by atoms with van der Waals surface area (Å²) in [7, 11) is 0. The van der Waals surface area contributed by atoms with Crippen LogP contribution in [0.25, 0.3) is 33.3 Å². The van der Waals surface area contributed by atoms with Crippen LogP contribution in [0.3, 0.4) is 0 Å². The number of halogens is 8. The van der Waals surface area contributed by atoms with E-state index in [4.69, 9.17) is 11.6 Å². The van der Waals surface area contributed by atoms with E-state index in [1.807, 2.05) is 0 Å². The quantitative estimate of drug-likeness (QED) is 0.291. The van der Waals surface area contributed by atoms with Gasteiger partial charge in [-0.2, -0.15) is 26.3 Å². The highest BCUT2D eigenvalue weighted by Crippen LogP contribution is 2.42. The fourth-order valence-corrected chi connectivity index (χ4v) is 3.66. The van der Waals surface area contributed by atoms with Crippen molar-refractivity contribution in [3.8, 4) is 22.4 Å². The van der Waals surface area contributed by atoms with E-state index in [-0.39, 0.29) is 22.2 Å². The van der Waals surface area contributed by atoms with Crippen LogP contribution < -0.4 is 0 Å². The molecule has 160 valence electrons. The zero-order valence-corrected chi connectivity index (χ0v) is 16.1. The second kappa shape index (κ2) is 7.30.